The third-order valence-electron chi connectivity index (χ3n) is 6.84. The van der Waals surface area contributed by atoms with E-state index in [0.717, 1.165) is 32.6 Å². The van der Waals surface area contributed by atoms with E-state index in [0.29, 0.717) is 11.5 Å². The number of hydrogen-bond acceptors (Lipinski definition) is 6. The van der Waals surface area contributed by atoms with Gasteiger partial charge >= 0.3 is 0 Å². The molecule has 2 atom stereocenters. The van der Waals surface area contributed by atoms with Crippen molar-refractivity contribution >= 4 is 43.5 Å². The summed E-state index contributed by atoms with van der Waals surface area (Å²) >= 11 is 3.48. The van der Waals surface area contributed by atoms with Crippen LogP contribution in [0.4, 0.5) is 5.69 Å². The number of halogens is 1. The van der Waals surface area contributed by atoms with Gasteiger partial charge in [-0.2, -0.15) is 0 Å². The molecular weight excluding hydrogens is 610 g/mol. The minimum absolute atomic E-state index is 0.0312. The van der Waals surface area contributed by atoms with Gasteiger partial charge in [-0.25, -0.2) is 8.42 Å². The van der Waals surface area contributed by atoms with Gasteiger partial charge in [0.15, 0.2) is 11.5 Å². The molecule has 11 heteroatoms. The van der Waals surface area contributed by atoms with Crippen LogP contribution in [0.1, 0.15) is 31.4 Å². The molecule has 3 aromatic carbocycles. The lowest BCUT2D eigenvalue weighted by atomic mass is 10.0. The van der Waals surface area contributed by atoms with Crippen LogP contribution in [0.2, 0.25) is 0 Å². The minimum Gasteiger partial charge on any atom is -0.454 e. The topological polar surface area (TPSA) is 105 Å². The van der Waals surface area contributed by atoms with Crippen LogP contribution in [0.25, 0.3) is 0 Å². The average Bonchev–Trinajstić information content (AvgIpc) is 3.41. The molecule has 1 aliphatic rings. The number of fused-ring (bicyclic) bond motifs is 1. The standard InChI is InChI=1S/C30H34BrN3O6S/c1-4-21(2)32-30(36)26(16-22-9-6-5-7-10-22)33(18-23-11-8-12-24(31)15-23)29(35)19-34(41(3,37)38)25-13-14-27-28(17-25)40-20-39-27/h5-15,17,21,26H,4,16,18-20H2,1-3H3,(H,32,36)/t21-,26-/m1/s1. The summed E-state index contributed by atoms with van der Waals surface area (Å²) < 4.78 is 38.6. The summed E-state index contributed by atoms with van der Waals surface area (Å²) in [6.45, 7) is 3.50. The van der Waals surface area contributed by atoms with Crippen LogP contribution in [-0.4, -0.2) is 56.8 Å². The average molecular weight is 645 g/mol. The molecule has 0 radical (unpaired) electrons. The van der Waals surface area contributed by atoms with Gasteiger partial charge in [-0.15, -0.1) is 0 Å². The molecule has 0 spiro atoms. The van der Waals surface area contributed by atoms with E-state index in [1.54, 1.807) is 12.1 Å². The lowest BCUT2D eigenvalue weighted by Crippen LogP contribution is -2.54. The molecule has 0 fully saturated rings. The number of hydrogen-bond donors (Lipinski definition) is 1. The number of ether oxygens (including phenoxy) is 2. The van der Waals surface area contributed by atoms with E-state index in [4.69, 9.17) is 9.47 Å². The summed E-state index contributed by atoms with van der Waals surface area (Å²) in [6.07, 6.45) is 2.02. The van der Waals surface area contributed by atoms with Gasteiger partial charge < -0.3 is 19.7 Å². The first-order valence-corrected chi connectivity index (χ1v) is 15.9. The molecule has 0 saturated carbocycles. The van der Waals surface area contributed by atoms with Crippen LogP contribution in [0.15, 0.2) is 77.3 Å². The fraction of sp³-hybridized carbons (Fsp3) is 0.333. The molecule has 0 aliphatic carbocycles. The van der Waals surface area contributed by atoms with Crippen molar-refractivity contribution in [2.24, 2.45) is 0 Å². The Morgan fingerprint density at radius 3 is 2.37 bits per heavy atom. The molecule has 0 aromatic heterocycles. The smallest absolute Gasteiger partial charge is 0.244 e. The molecule has 0 bridgehead atoms. The molecule has 4 rings (SSSR count). The second-order valence-corrected chi connectivity index (χ2v) is 12.8. The molecule has 1 aliphatic heterocycles. The van der Waals surface area contributed by atoms with E-state index in [-0.39, 0.29) is 37.4 Å². The Kier molecular flexibility index (Phi) is 9.93. The Bertz CT molecular complexity index is 1480. The lowest BCUT2D eigenvalue weighted by molar-refractivity contribution is -0.140. The highest BCUT2D eigenvalue weighted by Crippen LogP contribution is 2.36. The number of rotatable bonds is 12. The van der Waals surface area contributed by atoms with E-state index in [9.17, 15) is 18.0 Å². The van der Waals surface area contributed by atoms with Crippen LogP contribution in [0.5, 0.6) is 11.5 Å². The lowest BCUT2D eigenvalue weighted by Gasteiger charge is -2.34. The van der Waals surface area contributed by atoms with Gasteiger partial charge in [-0.3, -0.25) is 13.9 Å². The minimum atomic E-state index is -3.89. The van der Waals surface area contributed by atoms with E-state index >= 15 is 0 Å². The zero-order chi connectivity index (χ0) is 29.6. The number of amides is 2. The van der Waals surface area contributed by atoms with Crippen molar-refractivity contribution in [2.45, 2.75) is 45.3 Å². The Morgan fingerprint density at radius 1 is 0.976 bits per heavy atom. The summed E-state index contributed by atoms with van der Waals surface area (Å²) in [4.78, 5) is 29.4. The van der Waals surface area contributed by atoms with Gasteiger partial charge in [0.1, 0.15) is 12.6 Å². The van der Waals surface area contributed by atoms with Crippen molar-refractivity contribution in [3.63, 3.8) is 0 Å². The predicted molar refractivity (Wildman–Crippen MR) is 161 cm³/mol. The van der Waals surface area contributed by atoms with Crippen LogP contribution < -0.4 is 19.1 Å². The summed E-state index contributed by atoms with van der Waals surface area (Å²) in [7, 11) is -3.89. The second-order valence-electron chi connectivity index (χ2n) is 9.98. The number of nitrogens with one attached hydrogen (secondary N) is 1. The van der Waals surface area contributed by atoms with Crippen LogP contribution >= 0.6 is 15.9 Å². The van der Waals surface area contributed by atoms with Crippen molar-refractivity contribution in [1.82, 2.24) is 10.2 Å². The molecular formula is C30H34BrN3O6S. The third-order valence-corrected chi connectivity index (χ3v) is 8.47. The molecule has 218 valence electrons. The molecule has 9 nitrogen and oxygen atoms in total. The van der Waals surface area contributed by atoms with Crippen molar-refractivity contribution in [3.8, 4) is 11.5 Å². The highest BCUT2D eigenvalue weighted by atomic mass is 79.9. The Hall–Kier alpha value is -3.57. The van der Waals surface area contributed by atoms with Crippen LogP contribution in [0, 0.1) is 0 Å². The Morgan fingerprint density at radius 2 is 1.68 bits per heavy atom. The van der Waals surface area contributed by atoms with Crippen LogP contribution in [-0.2, 0) is 32.6 Å². The summed E-state index contributed by atoms with van der Waals surface area (Å²) in [5.74, 6) is 0.0627. The first-order valence-electron chi connectivity index (χ1n) is 13.3. The molecule has 2 amide bonds. The molecule has 41 heavy (non-hydrogen) atoms. The SMILES string of the molecule is CC[C@@H](C)NC(=O)[C@@H](Cc1ccccc1)N(Cc1cccc(Br)c1)C(=O)CN(c1ccc2c(c1)OCO2)S(C)(=O)=O. The van der Waals surface area contributed by atoms with Crippen molar-refractivity contribution in [1.29, 1.82) is 0 Å². The Balaban J connectivity index is 1.73. The number of nitrogens with zero attached hydrogens (tertiary/aromatic N) is 2. The fourth-order valence-electron chi connectivity index (χ4n) is 4.48. The maximum atomic E-state index is 14.2. The van der Waals surface area contributed by atoms with Crippen molar-refractivity contribution in [2.75, 3.05) is 23.9 Å². The zero-order valence-electron chi connectivity index (χ0n) is 23.2. The zero-order valence-corrected chi connectivity index (χ0v) is 25.7. The number of anilines is 1. The van der Waals surface area contributed by atoms with Gasteiger partial charge in [0, 0.05) is 29.5 Å². The van der Waals surface area contributed by atoms with Crippen LogP contribution in [0.3, 0.4) is 0 Å². The molecule has 3 aromatic rings. The van der Waals surface area contributed by atoms with E-state index in [2.05, 4.69) is 21.2 Å². The first kappa shape index (κ1) is 30.4. The predicted octanol–water partition coefficient (Wildman–Crippen LogP) is 4.50. The highest BCUT2D eigenvalue weighted by Gasteiger charge is 2.34. The summed E-state index contributed by atoms with van der Waals surface area (Å²) in [6, 6.07) is 20.6. The number of sulfonamides is 1. The van der Waals surface area contributed by atoms with E-state index < -0.39 is 28.5 Å². The summed E-state index contributed by atoms with van der Waals surface area (Å²) in [5.41, 5.74) is 1.92. The maximum Gasteiger partial charge on any atom is 0.244 e. The van der Waals surface area contributed by atoms with Gasteiger partial charge in [-0.1, -0.05) is 65.3 Å². The molecule has 1 heterocycles. The molecule has 1 N–H and O–H groups in total. The number of benzene rings is 3. The quantitative estimate of drug-likeness (QED) is 0.312. The third kappa shape index (κ3) is 8.01. The first-order chi connectivity index (χ1) is 19.5. The maximum absolute atomic E-state index is 14.2. The van der Waals surface area contributed by atoms with Crippen molar-refractivity contribution < 1.29 is 27.5 Å². The van der Waals surface area contributed by atoms with E-state index in [1.165, 1.54) is 11.0 Å². The Labute approximate surface area is 249 Å². The van der Waals surface area contributed by atoms with Crippen molar-refractivity contribution in [3.05, 3.63) is 88.4 Å². The van der Waals surface area contributed by atoms with Gasteiger partial charge in [0.05, 0.1) is 11.9 Å². The number of carbonyl (C=O) groups excluding carboxylic acids is 2. The fourth-order valence-corrected chi connectivity index (χ4v) is 5.77. The van der Waals surface area contributed by atoms with Gasteiger partial charge in [-0.05, 0) is 48.7 Å². The molecule has 0 saturated heterocycles. The second kappa shape index (κ2) is 13.4. The normalized spacial score (nSPS) is 13.8. The van der Waals surface area contributed by atoms with Gasteiger partial charge in [0.2, 0.25) is 28.6 Å². The summed E-state index contributed by atoms with van der Waals surface area (Å²) in [5, 5.41) is 3.02. The van der Waals surface area contributed by atoms with E-state index in [1.807, 2.05) is 68.4 Å². The largest absolute Gasteiger partial charge is 0.454 e. The monoisotopic (exact) mass is 643 g/mol. The highest BCUT2D eigenvalue weighted by molar-refractivity contribution is 9.10. The van der Waals surface area contributed by atoms with Gasteiger partial charge in [0.25, 0.3) is 0 Å². The molecule has 0 unspecified atom stereocenters. The number of carbonyl (C=O) groups is 2.